The zero-order valence-corrected chi connectivity index (χ0v) is 13.6. The maximum absolute atomic E-state index is 12.5. The first-order chi connectivity index (χ1) is 8.77. The van der Waals surface area contributed by atoms with Crippen LogP contribution in [0.4, 0.5) is 0 Å². The van der Waals surface area contributed by atoms with E-state index < -0.39 is 10.8 Å². The van der Waals surface area contributed by atoms with Gasteiger partial charge in [-0.2, -0.15) is 0 Å². The van der Waals surface area contributed by atoms with Gasteiger partial charge in [-0.05, 0) is 35.6 Å². The molecule has 0 bridgehead atoms. The van der Waals surface area contributed by atoms with Crippen LogP contribution in [0.5, 0.6) is 0 Å². The predicted octanol–water partition coefficient (Wildman–Crippen LogP) is 3.39. The number of hydrogen-bond acceptors (Lipinski definition) is 2. The highest BCUT2D eigenvalue weighted by molar-refractivity contribution is 7.85. The van der Waals surface area contributed by atoms with Crippen molar-refractivity contribution in [3.05, 3.63) is 29.3 Å². The minimum Gasteiger partial charge on any atom is -0.313 e. The molecule has 1 aromatic rings. The van der Waals surface area contributed by atoms with E-state index in [1.54, 1.807) is 0 Å². The fraction of sp³-hybridized carbons (Fsp3) is 0.625. The Morgan fingerprint density at radius 1 is 1.21 bits per heavy atom. The lowest BCUT2D eigenvalue weighted by Crippen LogP contribution is -2.38. The highest BCUT2D eigenvalue weighted by Crippen LogP contribution is 2.39. The molecular formula is C16H25NOS. The molecule has 106 valence electrons. The van der Waals surface area contributed by atoms with Gasteiger partial charge in [0, 0.05) is 16.2 Å². The maximum Gasteiger partial charge on any atom is 0.0564 e. The van der Waals surface area contributed by atoms with E-state index in [4.69, 9.17) is 0 Å². The van der Waals surface area contributed by atoms with Crippen molar-refractivity contribution in [3.8, 4) is 0 Å². The molecule has 0 saturated heterocycles. The third-order valence-corrected chi connectivity index (χ3v) is 6.25. The molecule has 0 spiro atoms. The quantitative estimate of drug-likeness (QED) is 0.854. The van der Waals surface area contributed by atoms with Crippen molar-refractivity contribution < 1.29 is 4.21 Å². The zero-order valence-electron chi connectivity index (χ0n) is 12.8. The largest absolute Gasteiger partial charge is 0.313 e. The van der Waals surface area contributed by atoms with Gasteiger partial charge in [0.2, 0.25) is 0 Å². The molecule has 1 aliphatic heterocycles. The normalized spacial score (nSPS) is 31.1. The van der Waals surface area contributed by atoms with Gasteiger partial charge in [-0.3, -0.25) is 4.21 Å². The van der Waals surface area contributed by atoms with Crippen LogP contribution in [0.25, 0.3) is 0 Å². The topological polar surface area (TPSA) is 29.1 Å². The summed E-state index contributed by atoms with van der Waals surface area (Å²) >= 11 is 0. The van der Waals surface area contributed by atoms with Crippen molar-refractivity contribution in [2.24, 2.45) is 5.92 Å². The van der Waals surface area contributed by atoms with E-state index in [-0.39, 0.29) is 10.7 Å². The first kappa shape index (κ1) is 14.7. The molecule has 0 amide bonds. The van der Waals surface area contributed by atoms with Crippen LogP contribution in [0.3, 0.4) is 0 Å². The monoisotopic (exact) mass is 279 g/mol. The molecule has 1 aliphatic rings. The van der Waals surface area contributed by atoms with Gasteiger partial charge in [-0.25, -0.2) is 0 Å². The van der Waals surface area contributed by atoms with Crippen LogP contribution in [-0.2, 0) is 16.2 Å². The lowest BCUT2D eigenvalue weighted by molar-refractivity contribution is 0.388. The third-order valence-electron chi connectivity index (χ3n) is 4.34. The summed E-state index contributed by atoms with van der Waals surface area (Å²) in [5.41, 5.74) is 2.66. The Balaban J connectivity index is 2.59. The summed E-state index contributed by atoms with van der Waals surface area (Å²) in [5.74, 6) is 0.383. The summed E-state index contributed by atoms with van der Waals surface area (Å²) in [7, 11) is 1.11. The van der Waals surface area contributed by atoms with Gasteiger partial charge in [0.15, 0.2) is 0 Å². The smallest absolute Gasteiger partial charge is 0.0564 e. The molecule has 19 heavy (non-hydrogen) atoms. The molecular weight excluding hydrogens is 254 g/mol. The van der Waals surface area contributed by atoms with Crippen molar-refractivity contribution in [3.63, 3.8) is 0 Å². The van der Waals surface area contributed by atoms with Crippen LogP contribution >= 0.6 is 0 Å². The molecule has 0 aliphatic carbocycles. The molecule has 4 atom stereocenters. The highest BCUT2D eigenvalue weighted by Gasteiger charge is 2.36. The SMILES string of the molecule is CNC1c2cc(C(C)(C)C)ccc2S(=O)C(C)C1C. The summed E-state index contributed by atoms with van der Waals surface area (Å²) in [4.78, 5) is 1.01. The molecule has 1 N–H and O–H groups in total. The number of fused-ring (bicyclic) bond motifs is 1. The van der Waals surface area contributed by atoms with Gasteiger partial charge in [0.05, 0.1) is 10.8 Å². The molecule has 0 saturated carbocycles. The van der Waals surface area contributed by atoms with Crippen molar-refractivity contribution in [2.45, 2.75) is 56.2 Å². The number of benzene rings is 1. The Bertz CT molecular complexity index is 504. The molecule has 0 aromatic heterocycles. The molecule has 2 rings (SSSR count). The minimum atomic E-state index is -0.887. The average Bonchev–Trinajstić information content (AvgIpc) is 2.35. The standard InChI is InChI=1S/C16H25NOS/c1-10-11(2)19(18)14-8-7-12(16(3,4)5)9-13(14)15(10)17-6/h7-11,15,17H,1-6H3. The fourth-order valence-corrected chi connectivity index (χ4v) is 4.38. The van der Waals surface area contributed by atoms with Gasteiger partial charge in [0.1, 0.15) is 0 Å². The van der Waals surface area contributed by atoms with Gasteiger partial charge in [-0.1, -0.05) is 46.8 Å². The van der Waals surface area contributed by atoms with Gasteiger partial charge in [-0.15, -0.1) is 0 Å². The lowest BCUT2D eigenvalue weighted by Gasteiger charge is -2.36. The van der Waals surface area contributed by atoms with Crippen molar-refractivity contribution in [1.82, 2.24) is 5.32 Å². The second kappa shape index (κ2) is 5.02. The predicted molar refractivity (Wildman–Crippen MR) is 82.0 cm³/mol. The Morgan fingerprint density at radius 2 is 1.84 bits per heavy atom. The molecule has 0 fully saturated rings. The van der Waals surface area contributed by atoms with E-state index in [9.17, 15) is 4.21 Å². The highest BCUT2D eigenvalue weighted by atomic mass is 32.2. The number of rotatable bonds is 1. The van der Waals surface area contributed by atoms with E-state index in [2.05, 4.69) is 58.1 Å². The first-order valence-corrected chi connectivity index (χ1v) is 8.21. The third kappa shape index (κ3) is 2.50. The average molecular weight is 279 g/mol. The van der Waals surface area contributed by atoms with E-state index in [0.717, 1.165) is 4.90 Å². The summed E-state index contributed by atoms with van der Waals surface area (Å²) < 4.78 is 12.5. The molecule has 0 radical (unpaired) electrons. The molecule has 1 heterocycles. The molecule has 3 heteroatoms. The minimum absolute atomic E-state index is 0.126. The fourth-order valence-electron chi connectivity index (χ4n) is 2.81. The lowest BCUT2D eigenvalue weighted by atomic mass is 9.83. The Hall–Kier alpha value is -0.670. The summed E-state index contributed by atoms with van der Waals surface area (Å²) in [6.07, 6.45) is 0. The van der Waals surface area contributed by atoms with E-state index >= 15 is 0 Å². The molecule has 1 aromatic carbocycles. The van der Waals surface area contributed by atoms with E-state index in [1.165, 1.54) is 11.1 Å². The van der Waals surface area contributed by atoms with Crippen LogP contribution in [0.1, 0.15) is 51.8 Å². The van der Waals surface area contributed by atoms with Gasteiger partial charge in [0.25, 0.3) is 0 Å². The summed E-state index contributed by atoms with van der Waals surface area (Å²) in [6, 6.07) is 6.74. The van der Waals surface area contributed by atoms with Crippen LogP contribution in [-0.4, -0.2) is 16.5 Å². The van der Waals surface area contributed by atoms with Crippen LogP contribution in [0, 0.1) is 5.92 Å². The van der Waals surface area contributed by atoms with Crippen molar-refractivity contribution in [1.29, 1.82) is 0 Å². The summed E-state index contributed by atoms with van der Waals surface area (Å²) in [5, 5.41) is 3.60. The molecule has 4 unspecified atom stereocenters. The Labute approximate surface area is 119 Å². The van der Waals surface area contributed by atoms with E-state index in [1.807, 2.05) is 7.05 Å². The van der Waals surface area contributed by atoms with Crippen molar-refractivity contribution >= 4 is 10.8 Å². The first-order valence-electron chi connectivity index (χ1n) is 6.99. The Kier molecular flexibility index (Phi) is 3.90. The number of nitrogens with one attached hydrogen (secondary N) is 1. The van der Waals surface area contributed by atoms with Crippen LogP contribution < -0.4 is 5.32 Å². The summed E-state index contributed by atoms with van der Waals surface area (Å²) in [6.45, 7) is 10.9. The van der Waals surface area contributed by atoms with Crippen molar-refractivity contribution in [2.75, 3.05) is 7.05 Å². The van der Waals surface area contributed by atoms with Crippen LogP contribution in [0.15, 0.2) is 23.1 Å². The van der Waals surface area contributed by atoms with E-state index in [0.29, 0.717) is 12.0 Å². The zero-order chi connectivity index (χ0) is 14.4. The van der Waals surface area contributed by atoms with Crippen LogP contribution in [0.2, 0.25) is 0 Å². The van der Waals surface area contributed by atoms with Gasteiger partial charge < -0.3 is 5.32 Å². The maximum atomic E-state index is 12.5. The number of hydrogen-bond donors (Lipinski definition) is 1. The van der Waals surface area contributed by atoms with Gasteiger partial charge >= 0.3 is 0 Å². The second-order valence-electron chi connectivity index (χ2n) is 6.63. The molecule has 2 nitrogen and oxygen atoms in total. The Morgan fingerprint density at radius 3 is 2.37 bits per heavy atom. The second-order valence-corrected chi connectivity index (χ2v) is 8.41.